The highest BCUT2D eigenvalue weighted by molar-refractivity contribution is 7.07. The standard InChI is InChI=1S/C27H27N3O3S/c1-4-20-6-9-22(10-7-20)30-26(32)24(16-21-8-5-18(2)15-19(21)3)34-27(30)23(17-28)25(31)29-11-13-33-14-12-29/h5-10,15-16H,4,11-14H2,1-3H3/b24-16+,27-23-. The summed E-state index contributed by atoms with van der Waals surface area (Å²) < 4.78 is 7.67. The van der Waals surface area contributed by atoms with E-state index in [2.05, 4.69) is 19.1 Å². The molecule has 0 aliphatic carbocycles. The lowest BCUT2D eigenvalue weighted by Crippen LogP contribution is -2.42. The highest BCUT2D eigenvalue weighted by Gasteiger charge is 2.24. The maximum absolute atomic E-state index is 13.6. The molecular formula is C27H27N3O3S. The van der Waals surface area contributed by atoms with Crippen LogP contribution in [0.3, 0.4) is 0 Å². The van der Waals surface area contributed by atoms with Crippen LogP contribution in [0, 0.1) is 25.2 Å². The lowest BCUT2D eigenvalue weighted by molar-refractivity contribution is -0.128. The number of carbonyl (C=O) groups excluding carboxylic acids is 1. The fraction of sp³-hybridized carbons (Fsp3) is 0.296. The SMILES string of the molecule is CCc1ccc(-n2c(=O)/c(=C\c3ccc(C)cc3C)s/c2=C(/C#N)C(=O)N2CCOCC2)cc1. The lowest BCUT2D eigenvalue weighted by Gasteiger charge is -2.26. The van der Waals surface area contributed by atoms with Crippen LogP contribution in [0.4, 0.5) is 0 Å². The summed E-state index contributed by atoms with van der Waals surface area (Å²) in [5.41, 5.74) is 4.65. The Morgan fingerprint density at radius 2 is 1.85 bits per heavy atom. The van der Waals surface area contributed by atoms with Gasteiger partial charge in [0.05, 0.1) is 23.4 Å². The molecule has 1 fully saturated rings. The maximum Gasteiger partial charge on any atom is 0.273 e. The van der Waals surface area contributed by atoms with E-state index in [0.29, 0.717) is 41.2 Å². The number of amides is 1. The Morgan fingerprint density at radius 3 is 2.47 bits per heavy atom. The zero-order valence-corrected chi connectivity index (χ0v) is 20.4. The van der Waals surface area contributed by atoms with Crippen molar-refractivity contribution >= 4 is 28.9 Å². The molecule has 34 heavy (non-hydrogen) atoms. The van der Waals surface area contributed by atoms with Crippen LogP contribution in [0.5, 0.6) is 0 Å². The minimum atomic E-state index is -0.371. The first-order valence-electron chi connectivity index (χ1n) is 11.3. The van der Waals surface area contributed by atoms with Crippen LogP contribution < -0.4 is 14.8 Å². The zero-order chi connectivity index (χ0) is 24.2. The van der Waals surface area contributed by atoms with E-state index in [4.69, 9.17) is 4.74 Å². The Bertz CT molecular complexity index is 1440. The molecule has 0 radical (unpaired) electrons. The van der Waals surface area contributed by atoms with Gasteiger partial charge in [0.2, 0.25) is 0 Å². The molecule has 1 aliphatic heterocycles. The molecule has 0 unspecified atom stereocenters. The van der Waals surface area contributed by atoms with E-state index in [-0.39, 0.29) is 17.0 Å². The fourth-order valence-corrected chi connectivity index (χ4v) is 5.09. The predicted molar refractivity (Wildman–Crippen MR) is 134 cm³/mol. The van der Waals surface area contributed by atoms with Crippen molar-refractivity contribution in [3.8, 4) is 11.8 Å². The van der Waals surface area contributed by atoms with Gasteiger partial charge in [0.15, 0.2) is 5.57 Å². The summed E-state index contributed by atoms with van der Waals surface area (Å²) in [6.07, 6.45) is 2.72. The van der Waals surface area contributed by atoms with Crippen LogP contribution >= 0.6 is 11.3 Å². The lowest BCUT2D eigenvalue weighted by atomic mass is 10.1. The van der Waals surface area contributed by atoms with E-state index in [1.807, 2.05) is 56.3 Å². The van der Waals surface area contributed by atoms with Crippen LogP contribution in [0.15, 0.2) is 47.3 Å². The minimum Gasteiger partial charge on any atom is -0.378 e. The van der Waals surface area contributed by atoms with Gasteiger partial charge >= 0.3 is 0 Å². The smallest absolute Gasteiger partial charge is 0.273 e. The van der Waals surface area contributed by atoms with Crippen LogP contribution in [0.25, 0.3) is 17.3 Å². The third kappa shape index (κ3) is 4.74. The summed E-state index contributed by atoms with van der Waals surface area (Å²) in [5, 5.41) is 10.0. The van der Waals surface area contributed by atoms with E-state index in [1.54, 1.807) is 4.90 Å². The van der Waals surface area contributed by atoms with Gasteiger partial charge in [-0.25, -0.2) is 0 Å². The normalized spacial score (nSPS) is 15.2. The second-order valence-electron chi connectivity index (χ2n) is 8.33. The number of nitrogens with zero attached hydrogens (tertiary/aromatic N) is 3. The molecule has 1 aliphatic rings. The number of aryl methyl sites for hydroxylation is 3. The molecule has 1 aromatic heterocycles. The number of ether oxygens (including phenoxy) is 1. The number of benzene rings is 2. The van der Waals surface area contributed by atoms with Crippen LogP contribution in [-0.4, -0.2) is 41.7 Å². The highest BCUT2D eigenvalue weighted by atomic mass is 32.1. The van der Waals surface area contributed by atoms with E-state index in [1.165, 1.54) is 15.9 Å². The average Bonchev–Trinajstić information content (AvgIpc) is 3.17. The fourth-order valence-electron chi connectivity index (χ4n) is 4.01. The number of carbonyl (C=O) groups is 1. The second-order valence-corrected chi connectivity index (χ2v) is 9.36. The Hall–Kier alpha value is -3.47. The van der Waals surface area contributed by atoms with E-state index >= 15 is 0 Å². The number of rotatable bonds is 4. The number of morpholine rings is 1. The van der Waals surface area contributed by atoms with Crippen molar-refractivity contribution < 1.29 is 9.53 Å². The molecule has 0 spiro atoms. The first-order valence-corrected chi connectivity index (χ1v) is 12.2. The van der Waals surface area contributed by atoms with Gasteiger partial charge in [-0.2, -0.15) is 5.26 Å². The minimum absolute atomic E-state index is 0.0242. The van der Waals surface area contributed by atoms with Crippen molar-refractivity contribution in [1.29, 1.82) is 5.26 Å². The van der Waals surface area contributed by atoms with E-state index < -0.39 is 0 Å². The molecule has 2 aromatic carbocycles. The Labute approximate surface area is 202 Å². The van der Waals surface area contributed by atoms with Gasteiger partial charge in [0, 0.05) is 13.1 Å². The van der Waals surface area contributed by atoms with E-state index in [0.717, 1.165) is 28.7 Å². The number of nitriles is 1. The molecule has 0 saturated carbocycles. The van der Waals surface area contributed by atoms with Gasteiger partial charge in [-0.1, -0.05) is 42.8 Å². The molecule has 6 nitrogen and oxygen atoms in total. The van der Waals surface area contributed by atoms with Crippen molar-refractivity contribution in [2.75, 3.05) is 26.3 Å². The van der Waals surface area contributed by atoms with Gasteiger partial charge < -0.3 is 9.64 Å². The predicted octanol–water partition coefficient (Wildman–Crippen LogP) is 2.44. The Balaban J connectivity index is 1.99. The summed E-state index contributed by atoms with van der Waals surface area (Å²) in [6.45, 7) is 7.82. The molecule has 2 heterocycles. The van der Waals surface area contributed by atoms with Gasteiger partial charge in [0.1, 0.15) is 10.7 Å². The first kappa shape index (κ1) is 23.7. The summed E-state index contributed by atoms with van der Waals surface area (Å²) in [5.74, 6) is -0.371. The van der Waals surface area contributed by atoms with Crippen molar-refractivity contribution in [2.45, 2.75) is 27.2 Å². The molecule has 174 valence electrons. The summed E-state index contributed by atoms with van der Waals surface area (Å²) >= 11 is 1.18. The number of hydrogen-bond acceptors (Lipinski definition) is 5. The molecule has 0 N–H and O–H groups in total. The largest absolute Gasteiger partial charge is 0.378 e. The van der Waals surface area contributed by atoms with Crippen molar-refractivity contribution in [3.05, 3.63) is 84.3 Å². The van der Waals surface area contributed by atoms with Gasteiger partial charge in [-0.15, -0.1) is 11.3 Å². The number of hydrogen-bond donors (Lipinski definition) is 0. The molecule has 1 amide bonds. The maximum atomic E-state index is 13.6. The summed E-state index contributed by atoms with van der Waals surface area (Å²) in [4.78, 5) is 28.5. The zero-order valence-electron chi connectivity index (χ0n) is 19.6. The summed E-state index contributed by atoms with van der Waals surface area (Å²) in [7, 11) is 0. The van der Waals surface area contributed by atoms with Gasteiger partial charge in [0.25, 0.3) is 11.5 Å². The van der Waals surface area contributed by atoms with Crippen LogP contribution in [-0.2, 0) is 16.0 Å². The topological polar surface area (TPSA) is 75.3 Å². The first-order chi connectivity index (χ1) is 16.4. The summed E-state index contributed by atoms with van der Waals surface area (Å²) in [6, 6.07) is 15.8. The van der Waals surface area contributed by atoms with Crippen molar-refractivity contribution in [1.82, 2.24) is 9.47 Å². The van der Waals surface area contributed by atoms with Crippen LogP contribution in [0.1, 0.15) is 29.2 Å². The quantitative estimate of drug-likeness (QED) is 0.583. The van der Waals surface area contributed by atoms with Crippen molar-refractivity contribution in [3.63, 3.8) is 0 Å². The van der Waals surface area contributed by atoms with Crippen molar-refractivity contribution in [2.24, 2.45) is 0 Å². The molecule has 4 rings (SSSR count). The average molecular weight is 474 g/mol. The number of thiazole rings is 1. The molecule has 3 aromatic rings. The van der Waals surface area contributed by atoms with E-state index in [9.17, 15) is 14.9 Å². The van der Waals surface area contributed by atoms with Crippen LogP contribution in [0.2, 0.25) is 0 Å². The molecule has 0 atom stereocenters. The monoisotopic (exact) mass is 473 g/mol. The highest BCUT2D eigenvalue weighted by Crippen LogP contribution is 2.12. The second kappa shape index (κ2) is 10.2. The third-order valence-electron chi connectivity index (χ3n) is 5.98. The Morgan fingerprint density at radius 1 is 1.15 bits per heavy atom. The molecule has 7 heteroatoms. The molecule has 1 saturated heterocycles. The van der Waals surface area contributed by atoms with Gasteiger partial charge in [-0.05, 0) is 55.2 Å². The molecule has 0 bridgehead atoms. The van der Waals surface area contributed by atoms with Gasteiger partial charge in [-0.3, -0.25) is 14.2 Å². The molecular weight excluding hydrogens is 446 g/mol. The Kier molecular flexibility index (Phi) is 7.11. The third-order valence-corrected chi connectivity index (χ3v) is 7.07. The number of aromatic nitrogens is 1.